The van der Waals surface area contributed by atoms with Gasteiger partial charge in [-0.25, -0.2) is 0 Å². The number of benzene rings is 1. The molecule has 1 amide bonds. The summed E-state index contributed by atoms with van der Waals surface area (Å²) >= 11 is 0. The van der Waals surface area contributed by atoms with Gasteiger partial charge in [0.1, 0.15) is 0 Å². The molecule has 1 unspecified atom stereocenters. The number of likely N-dealkylation sites (tertiary alicyclic amines) is 1. The van der Waals surface area contributed by atoms with Crippen LogP contribution in [-0.4, -0.2) is 28.4 Å². The molecule has 2 heterocycles. The number of hydrogen-bond acceptors (Lipinski definition) is 3. The molecule has 4 nitrogen and oxygen atoms in total. The molecule has 1 atom stereocenters. The molecule has 0 aliphatic carbocycles. The summed E-state index contributed by atoms with van der Waals surface area (Å²) in [5.74, 6) is 0.133. The molecule has 1 fully saturated rings. The third kappa shape index (κ3) is 3.52. The monoisotopic (exact) mass is 309 g/mol. The molecule has 1 aromatic heterocycles. The summed E-state index contributed by atoms with van der Waals surface area (Å²) in [7, 11) is 0. The van der Waals surface area contributed by atoms with E-state index < -0.39 is 0 Å². The molecule has 0 spiro atoms. The number of piperidine rings is 1. The van der Waals surface area contributed by atoms with Gasteiger partial charge in [-0.15, -0.1) is 0 Å². The van der Waals surface area contributed by atoms with E-state index in [0.29, 0.717) is 6.04 Å². The van der Waals surface area contributed by atoms with E-state index in [1.165, 1.54) is 6.42 Å². The predicted octanol–water partition coefficient (Wildman–Crippen LogP) is 4.23. The van der Waals surface area contributed by atoms with Crippen molar-refractivity contribution >= 4 is 17.3 Å². The summed E-state index contributed by atoms with van der Waals surface area (Å²) in [6.45, 7) is 3.03. The SMILES string of the molecule is CCC1CCCCN1C(=O)c1ccccc1Nc1ccncc1. The van der Waals surface area contributed by atoms with Crippen molar-refractivity contribution in [2.75, 3.05) is 11.9 Å². The van der Waals surface area contributed by atoms with Crippen LogP contribution in [0.3, 0.4) is 0 Å². The van der Waals surface area contributed by atoms with Crippen molar-refractivity contribution in [3.63, 3.8) is 0 Å². The van der Waals surface area contributed by atoms with Crippen LogP contribution in [0.1, 0.15) is 43.0 Å². The molecule has 2 aromatic rings. The van der Waals surface area contributed by atoms with Crippen molar-refractivity contribution in [1.29, 1.82) is 0 Å². The number of nitrogens with one attached hydrogen (secondary N) is 1. The Hall–Kier alpha value is -2.36. The Bertz CT molecular complexity index is 657. The molecule has 1 aliphatic heterocycles. The number of carbonyl (C=O) groups is 1. The lowest BCUT2D eigenvalue weighted by Crippen LogP contribution is -2.43. The van der Waals surface area contributed by atoms with Crippen molar-refractivity contribution in [3.05, 3.63) is 54.4 Å². The van der Waals surface area contributed by atoms with E-state index in [1.807, 2.05) is 36.4 Å². The first kappa shape index (κ1) is 15.5. The van der Waals surface area contributed by atoms with Gasteiger partial charge < -0.3 is 10.2 Å². The Labute approximate surface area is 137 Å². The molecule has 1 aromatic carbocycles. The van der Waals surface area contributed by atoms with Crippen LogP contribution in [-0.2, 0) is 0 Å². The lowest BCUT2D eigenvalue weighted by Gasteiger charge is -2.35. The Balaban J connectivity index is 1.86. The minimum absolute atomic E-state index is 0.133. The maximum atomic E-state index is 13.1. The summed E-state index contributed by atoms with van der Waals surface area (Å²) in [5.41, 5.74) is 2.53. The number of aromatic nitrogens is 1. The van der Waals surface area contributed by atoms with Gasteiger partial charge in [-0.2, -0.15) is 0 Å². The Morgan fingerprint density at radius 2 is 2.00 bits per heavy atom. The van der Waals surface area contributed by atoms with Crippen molar-refractivity contribution in [3.8, 4) is 0 Å². The highest BCUT2D eigenvalue weighted by molar-refractivity contribution is 6.00. The van der Waals surface area contributed by atoms with Crippen LogP contribution in [0.2, 0.25) is 0 Å². The molecule has 23 heavy (non-hydrogen) atoms. The van der Waals surface area contributed by atoms with E-state index in [-0.39, 0.29) is 5.91 Å². The maximum Gasteiger partial charge on any atom is 0.256 e. The lowest BCUT2D eigenvalue weighted by molar-refractivity contribution is 0.0609. The molecule has 0 bridgehead atoms. The van der Waals surface area contributed by atoms with Crippen LogP contribution >= 0.6 is 0 Å². The van der Waals surface area contributed by atoms with E-state index in [1.54, 1.807) is 12.4 Å². The quantitative estimate of drug-likeness (QED) is 0.919. The van der Waals surface area contributed by atoms with Crippen molar-refractivity contribution in [2.45, 2.75) is 38.6 Å². The Morgan fingerprint density at radius 3 is 2.78 bits per heavy atom. The average molecular weight is 309 g/mol. The normalized spacial score (nSPS) is 17.8. The van der Waals surface area contributed by atoms with Crippen LogP contribution in [0, 0.1) is 0 Å². The highest BCUT2D eigenvalue weighted by atomic mass is 16.2. The van der Waals surface area contributed by atoms with Gasteiger partial charge in [0.15, 0.2) is 0 Å². The Morgan fingerprint density at radius 1 is 1.22 bits per heavy atom. The number of para-hydroxylation sites is 1. The largest absolute Gasteiger partial charge is 0.355 e. The zero-order valence-corrected chi connectivity index (χ0v) is 13.5. The van der Waals surface area contributed by atoms with Crippen molar-refractivity contribution < 1.29 is 4.79 Å². The zero-order chi connectivity index (χ0) is 16.1. The van der Waals surface area contributed by atoms with Gasteiger partial charge >= 0.3 is 0 Å². The molecular weight excluding hydrogens is 286 g/mol. The second kappa shape index (κ2) is 7.27. The molecule has 1 aliphatic rings. The number of amides is 1. The number of carbonyl (C=O) groups excluding carboxylic acids is 1. The second-order valence-corrected chi connectivity index (χ2v) is 5.96. The van der Waals surface area contributed by atoms with E-state index in [2.05, 4.69) is 22.1 Å². The first-order valence-corrected chi connectivity index (χ1v) is 8.36. The first-order chi connectivity index (χ1) is 11.3. The number of hydrogen-bond donors (Lipinski definition) is 1. The topological polar surface area (TPSA) is 45.2 Å². The van der Waals surface area contributed by atoms with Crippen molar-refractivity contribution in [2.24, 2.45) is 0 Å². The number of rotatable bonds is 4. The minimum Gasteiger partial charge on any atom is -0.355 e. The number of anilines is 2. The van der Waals surface area contributed by atoms with Crippen LogP contribution in [0.5, 0.6) is 0 Å². The van der Waals surface area contributed by atoms with Gasteiger partial charge in [0.25, 0.3) is 5.91 Å². The van der Waals surface area contributed by atoms with E-state index in [9.17, 15) is 4.79 Å². The van der Waals surface area contributed by atoms with Crippen molar-refractivity contribution in [1.82, 2.24) is 9.88 Å². The summed E-state index contributed by atoms with van der Waals surface area (Å²) in [5, 5.41) is 3.34. The van der Waals surface area contributed by atoms with E-state index >= 15 is 0 Å². The molecule has 0 saturated carbocycles. The first-order valence-electron chi connectivity index (χ1n) is 8.36. The van der Waals surface area contributed by atoms with Gasteiger partial charge in [-0.3, -0.25) is 9.78 Å². The standard InChI is InChI=1S/C19H23N3O/c1-2-16-7-5-6-14-22(16)19(23)17-8-3-4-9-18(17)21-15-10-12-20-13-11-15/h3-4,8-13,16H,2,5-7,14H2,1H3,(H,20,21). The van der Waals surface area contributed by atoms with Gasteiger partial charge in [-0.1, -0.05) is 19.1 Å². The molecule has 120 valence electrons. The predicted molar refractivity (Wildman–Crippen MR) is 92.9 cm³/mol. The van der Waals surface area contributed by atoms with E-state index in [4.69, 9.17) is 0 Å². The van der Waals surface area contributed by atoms with E-state index in [0.717, 1.165) is 42.7 Å². The highest BCUT2D eigenvalue weighted by Crippen LogP contribution is 2.26. The number of nitrogens with zero attached hydrogens (tertiary/aromatic N) is 2. The number of pyridine rings is 1. The van der Waals surface area contributed by atoms with Gasteiger partial charge in [0, 0.05) is 30.7 Å². The molecule has 1 saturated heterocycles. The van der Waals surface area contributed by atoms with Crippen LogP contribution in [0.15, 0.2) is 48.8 Å². The summed E-state index contributed by atoms with van der Waals surface area (Å²) < 4.78 is 0. The average Bonchev–Trinajstić information content (AvgIpc) is 2.62. The third-order valence-corrected chi connectivity index (χ3v) is 4.48. The van der Waals surface area contributed by atoms with Crippen LogP contribution in [0.25, 0.3) is 0 Å². The zero-order valence-electron chi connectivity index (χ0n) is 13.5. The highest BCUT2D eigenvalue weighted by Gasteiger charge is 2.27. The van der Waals surface area contributed by atoms with Gasteiger partial charge in [-0.05, 0) is 49.9 Å². The molecule has 3 rings (SSSR count). The fourth-order valence-corrected chi connectivity index (χ4v) is 3.22. The van der Waals surface area contributed by atoms with Gasteiger partial charge in [0.2, 0.25) is 0 Å². The van der Waals surface area contributed by atoms with Crippen LogP contribution in [0.4, 0.5) is 11.4 Å². The lowest BCUT2D eigenvalue weighted by atomic mass is 9.98. The molecule has 4 heteroatoms. The van der Waals surface area contributed by atoms with Gasteiger partial charge in [0.05, 0.1) is 11.3 Å². The summed E-state index contributed by atoms with van der Waals surface area (Å²) in [6.07, 6.45) is 7.93. The maximum absolute atomic E-state index is 13.1. The van der Waals surface area contributed by atoms with Crippen LogP contribution < -0.4 is 5.32 Å². The molecule has 1 N–H and O–H groups in total. The molecular formula is C19H23N3O. The Kier molecular flexibility index (Phi) is 4.91. The summed E-state index contributed by atoms with van der Waals surface area (Å²) in [4.78, 5) is 19.1. The third-order valence-electron chi connectivity index (χ3n) is 4.48. The fraction of sp³-hybridized carbons (Fsp3) is 0.368. The minimum atomic E-state index is 0.133. The molecule has 0 radical (unpaired) electrons. The summed E-state index contributed by atoms with van der Waals surface area (Å²) in [6, 6.07) is 11.9. The fourth-order valence-electron chi connectivity index (χ4n) is 3.22. The smallest absolute Gasteiger partial charge is 0.256 e. The second-order valence-electron chi connectivity index (χ2n) is 5.96.